The molecule has 0 aliphatic carbocycles. The number of hydrogen-bond acceptors (Lipinski definition) is 3. The number of fused-ring (bicyclic) bond motifs is 1. The number of hydrogen-bond donors (Lipinski definition) is 2. The second kappa shape index (κ2) is 7.56. The largest absolute Gasteiger partial charge is 0.481 e. The molecule has 0 saturated carbocycles. The lowest BCUT2D eigenvalue weighted by Crippen LogP contribution is -2.33. The van der Waals surface area contributed by atoms with Gasteiger partial charge in [0.2, 0.25) is 5.91 Å². The van der Waals surface area contributed by atoms with E-state index in [9.17, 15) is 14.4 Å². The van der Waals surface area contributed by atoms with E-state index in [2.05, 4.69) is 5.32 Å². The second-order valence-corrected chi connectivity index (χ2v) is 6.79. The van der Waals surface area contributed by atoms with E-state index in [1.807, 2.05) is 43.3 Å². The zero-order chi connectivity index (χ0) is 18.7. The minimum atomic E-state index is -0.864. The van der Waals surface area contributed by atoms with Gasteiger partial charge in [0, 0.05) is 31.6 Å². The third-order valence-corrected chi connectivity index (χ3v) is 4.92. The van der Waals surface area contributed by atoms with E-state index in [1.54, 1.807) is 11.0 Å². The van der Waals surface area contributed by atoms with E-state index in [0.717, 1.165) is 10.8 Å². The van der Waals surface area contributed by atoms with Crippen LogP contribution in [0.3, 0.4) is 0 Å². The summed E-state index contributed by atoms with van der Waals surface area (Å²) >= 11 is 0. The summed E-state index contributed by atoms with van der Waals surface area (Å²) in [6, 6.07) is 13.3. The van der Waals surface area contributed by atoms with Gasteiger partial charge in [-0.15, -0.1) is 0 Å². The fraction of sp³-hybridized carbons (Fsp3) is 0.350. The normalized spacial score (nSPS) is 19.5. The minimum absolute atomic E-state index is 0.0522. The number of nitrogens with zero attached hydrogens (tertiary/aromatic N) is 1. The smallest absolute Gasteiger partial charge is 0.308 e. The maximum absolute atomic E-state index is 12.3. The first-order chi connectivity index (χ1) is 12.5. The number of carboxylic acid groups (broad SMARTS) is 1. The summed E-state index contributed by atoms with van der Waals surface area (Å²) < 4.78 is 0. The Hall–Kier alpha value is -2.89. The lowest BCUT2D eigenvalue weighted by Gasteiger charge is -2.16. The molecule has 2 N–H and O–H groups in total. The average molecular weight is 354 g/mol. The molecule has 1 saturated heterocycles. The molecule has 1 heterocycles. The molecule has 0 aromatic heterocycles. The molecule has 2 aromatic carbocycles. The average Bonchev–Trinajstić information content (AvgIpc) is 3.03. The van der Waals surface area contributed by atoms with E-state index in [4.69, 9.17) is 5.11 Å². The number of aliphatic carboxylic acids is 1. The lowest BCUT2D eigenvalue weighted by molar-refractivity contribution is -0.142. The van der Waals surface area contributed by atoms with Crippen molar-refractivity contribution in [2.24, 2.45) is 11.8 Å². The molecule has 0 radical (unpaired) electrons. The molecule has 2 aromatic rings. The Morgan fingerprint density at radius 3 is 2.54 bits per heavy atom. The van der Waals surface area contributed by atoms with Crippen molar-refractivity contribution in [3.05, 3.63) is 48.0 Å². The van der Waals surface area contributed by atoms with Crippen molar-refractivity contribution in [1.29, 1.82) is 0 Å². The molecule has 26 heavy (non-hydrogen) atoms. The van der Waals surface area contributed by atoms with Crippen molar-refractivity contribution in [1.82, 2.24) is 10.2 Å². The first kappa shape index (κ1) is 17.9. The predicted molar refractivity (Wildman–Crippen MR) is 97.8 cm³/mol. The quantitative estimate of drug-likeness (QED) is 0.861. The van der Waals surface area contributed by atoms with Crippen LogP contribution in [-0.4, -0.2) is 47.4 Å². The van der Waals surface area contributed by atoms with Crippen LogP contribution in [0.2, 0.25) is 0 Å². The molecule has 3 rings (SSSR count). The van der Waals surface area contributed by atoms with Crippen LogP contribution in [-0.2, 0) is 9.59 Å². The van der Waals surface area contributed by atoms with E-state index in [-0.39, 0.29) is 37.2 Å². The van der Waals surface area contributed by atoms with Gasteiger partial charge in [-0.05, 0) is 28.8 Å². The number of benzene rings is 2. The van der Waals surface area contributed by atoms with E-state index < -0.39 is 11.9 Å². The zero-order valence-corrected chi connectivity index (χ0v) is 14.6. The molecule has 6 nitrogen and oxygen atoms in total. The highest BCUT2D eigenvalue weighted by Crippen LogP contribution is 2.23. The number of likely N-dealkylation sites (tertiary alicyclic amines) is 1. The third-order valence-electron chi connectivity index (χ3n) is 4.92. The van der Waals surface area contributed by atoms with Gasteiger partial charge in [-0.3, -0.25) is 14.4 Å². The molecule has 1 aliphatic heterocycles. The Balaban J connectivity index is 1.51. The fourth-order valence-corrected chi connectivity index (χ4v) is 3.37. The van der Waals surface area contributed by atoms with Gasteiger partial charge in [-0.25, -0.2) is 0 Å². The van der Waals surface area contributed by atoms with Gasteiger partial charge >= 0.3 is 5.97 Å². The Morgan fingerprint density at radius 2 is 1.85 bits per heavy atom. The van der Waals surface area contributed by atoms with Crippen molar-refractivity contribution < 1.29 is 19.5 Å². The van der Waals surface area contributed by atoms with Crippen LogP contribution in [0.25, 0.3) is 10.8 Å². The van der Waals surface area contributed by atoms with Crippen molar-refractivity contribution in [2.45, 2.75) is 13.3 Å². The maximum atomic E-state index is 12.3. The molecule has 6 heteroatoms. The minimum Gasteiger partial charge on any atom is -0.481 e. The molecular weight excluding hydrogens is 332 g/mol. The molecule has 1 aliphatic rings. The topological polar surface area (TPSA) is 86.7 Å². The summed E-state index contributed by atoms with van der Waals surface area (Å²) in [5.74, 6) is -1.77. The van der Waals surface area contributed by atoms with Gasteiger partial charge in [0.15, 0.2) is 0 Å². The Bertz CT molecular complexity index is 849. The predicted octanol–water partition coefficient (Wildman–Crippen LogP) is 2.14. The van der Waals surface area contributed by atoms with Crippen molar-refractivity contribution in [2.75, 3.05) is 19.6 Å². The van der Waals surface area contributed by atoms with Crippen LogP contribution in [0.5, 0.6) is 0 Å². The third kappa shape index (κ3) is 3.85. The number of carbonyl (C=O) groups is 3. The first-order valence-corrected chi connectivity index (χ1v) is 8.73. The molecule has 136 valence electrons. The van der Waals surface area contributed by atoms with Crippen LogP contribution < -0.4 is 5.32 Å². The van der Waals surface area contributed by atoms with Crippen molar-refractivity contribution in [3.8, 4) is 0 Å². The van der Waals surface area contributed by atoms with Crippen LogP contribution in [0.4, 0.5) is 0 Å². The number of rotatable bonds is 5. The highest BCUT2D eigenvalue weighted by Gasteiger charge is 2.36. The Morgan fingerprint density at radius 1 is 1.12 bits per heavy atom. The summed E-state index contributed by atoms with van der Waals surface area (Å²) in [6.07, 6.45) is 0.165. The molecule has 1 fully saturated rings. The van der Waals surface area contributed by atoms with Crippen LogP contribution >= 0.6 is 0 Å². The molecular formula is C20H22N2O4. The summed E-state index contributed by atoms with van der Waals surface area (Å²) in [6.45, 7) is 2.77. The standard InChI is InChI=1S/C20H22N2O4/c1-13-11-22(12-17(13)20(25)26)18(23)8-9-21-19(24)16-7-6-14-4-2-3-5-15(14)10-16/h2-7,10,13,17H,8-9,11-12H2,1H3,(H,21,24)(H,25,26)/t13-,17-/m1/s1. The first-order valence-electron chi connectivity index (χ1n) is 8.73. The number of amides is 2. The molecule has 2 atom stereocenters. The van der Waals surface area contributed by atoms with Crippen molar-refractivity contribution >= 4 is 28.6 Å². The fourth-order valence-electron chi connectivity index (χ4n) is 3.37. The zero-order valence-electron chi connectivity index (χ0n) is 14.6. The second-order valence-electron chi connectivity index (χ2n) is 6.79. The number of carbonyl (C=O) groups excluding carboxylic acids is 2. The summed E-state index contributed by atoms with van der Waals surface area (Å²) in [4.78, 5) is 37.2. The van der Waals surface area contributed by atoms with E-state index in [1.165, 1.54) is 0 Å². The van der Waals surface area contributed by atoms with Gasteiger partial charge in [0.25, 0.3) is 5.91 Å². The lowest BCUT2D eigenvalue weighted by atomic mass is 9.99. The van der Waals surface area contributed by atoms with E-state index in [0.29, 0.717) is 12.1 Å². The number of nitrogens with one attached hydrogen (secondary N) is 1. The Kier molecular flexibility index (Phi) is 5.21. The summed E-state index contributed by atoms with van der Waals surface area (Å²) in [7, 11) is 0. The summed E-state index contributed by atoms with van der Waals surface area (Å²) in [5.41, 5.74) is 0.553. The summed E-state index contributed by atoms with van der Waals surface area (Å²) in [5, 5.41) is 14.0. The van der Waals surface area contributed by atoms with Gasteiger partial charge in [-0.2, -0.15) is 0 Å². The highest BCUT2D eigenvalue weighted by atomic mass is 16.4. The molecule has 0 bridgehead atoms. The SMILES string of the molecule is C[C@@H]1CN(C(=O)CCNC(=O)c2ccc3ccccc3c2)C[C@H]1C(=O)O. The molecule has 2 amide bonds. The van der Waals surface area contributed by atoms with Crippen molar-refractivity contribution in [3.63, 3.8) is 0 Å². The van der Waals surface area contributed by atoms with Crippen LogP contribution in [0.15, 0.2) is 42.5 Å². The maximum Gasteiger partial charge on any atom is 0.308 e. The van der Waals surface area contributed by atoms with Gasteiger partial charge < -0.3 is 15.3 Å². The van der Waals surface area contributed by atoms with Gasteiger partial charge in [0.05, 0.1) is 5.92 Å². The van der Waals surface area contributed by atoms with Gasteiger partial charge in [0.1, 0.15) is 0 Å². The highest BCUT2D eigenvalue weighted by molar-refractivity contribution is 5.98. The molecule has 0 spiro atoms. The number of carboxylic acids is 1. The Labute approximate surface area is 151 Å². The van der Waals surface area contributed by atoms with E-state index >= 15 is 0 Å². The van der Waals surface area contributed by atoms with Crippen LogP contribution in [0, 0.1) is 11.8 Å². The van der Waals surface area contributed by atoms with Crippen LogP contribution in [0.1, 0.15) is 23.7 Å². The van der Waals surface area contributed by atoms with Gasteiger partial charge in [-0.1, -0.05) is 37.3 Å². The monoisotopic (exact) mass is 354 g/mol. The molecule has 0 unspecified atom stereocenters.